The number of anilines is 1. The third-order valence-corrected chi connectivity index (χ3v) is 6.13. The molecule has 3 fully saturated rings. The normalized spacial score (nSPS) is 26.9. The van der Waals surface area contributed by atoms with Gasteiger partial charge in [0.25, 0.3) is 5.91 Å². The molecule has 1 unspecified atom stereocenters. The van der Waals surface area contributed by atoms with Gasteiger partial charge >= 0.3 is 0 Å². The van der Waals surface area contributed by atoms with Crippen LogP contribution in [0.2, 0.25) is 5.02 Å². The van der Waals surface area contributed by atoms with Crippen LogP contribution in [0.4, 0.5) is 5.69 Å². The Morgan fingerprint density at radius 2 is 2.00 bits per heavy atom. The fourth-order valence-corrected chi connectivity index (χ4v) is 4.86. The zero-order valence-electron chi connectivity index (χ0n) is 15.9. The number of hydrogen-bond donors (Lipinski definition) is 2. The standard InChI is InChI=1S/C19H26ClN3O2.2ClH/c1-19(2)9-13-16(22-19)14(20)8-12(17(13)25-3)18(24)21-15-10-23-6-4-11(15)5-7-23;;/h8,11,15,22H,4-7,9-10H2,1-3H3,(H,21,24);2*1H. The first-order chi connectivity index (χ1) is 11.9. The minimum absolute atomic E-state index is 0. The number of carbonyl (C=O) groups excluding carboxylic acids is 1. The van der Waals surface area contributed by atoms with Crippen LogP contribution in [0.15, 0.2) is 6.07 Å². The Kier molecular flexibility index (Phi) is 6.84. The van der Waals surface area contributed by atoms with E-state index in [0.717, 1.165) is 37.3 Å². The molecule has 0 spiro atoms. The highest BCUT2D eigenvalue weighted by molar-refractivity contribution is 6.34. The lowest BCUT2D eigenvalue weighted by Crippen LogP contribution is -2.57. The van der Waals surface area contributed by atoms with E-state index in [4.69, 9.17) is 16.3 Å². The van der Waals surface area contributed by atoms with Gasteiger partial charge in [-0.3, -0.25) is 4.79 Å². The van der Waals surface area contributed by atoms with Gasteiger partial charge in [-0.25, -0.2) is 0 Å². The molecule has 5 rings (SSSR count). The van der Waals surface area contributed by atoms with E-state index in [9.17, 15) is 4.79 Å². The molecular weight excluding hydrogens is 409 g/mol. The summed E-state index contributed by atoms with van der Waals surface area (Å²) in [5.74, 6) is 1.16. The summed E-state index contributed by atoms with van der Waals surface area (Å²) in [5, 5.41) is 7.26. The van der Waals surface area contributed by atoms with Crippen LogP contribution in [0.3, 0.4) is 0 Å². The molecule has 0 aliphatic carbocycles. The summed E-state index contributed by atoms with van der Waals surface area (Å²) < 4.78 is 5.64. The molecule has 4 aliphatic rings. The van der Waals surface area contributed by atoms with E-state index in [2.05, 4.69) is 29.4 Å². The van der Waals surface area contributed by atoms with Crippen molar-refractivity contribution in [2.75, 3.05) is 32.1 Å². The van der Waals surface area contributed by atoms with E-state index in [0.29, 0.717) is 22.3 Å². The van der Waals surface area contributed by atoms with Crippen LogP contribution >= 0.6 is 36.4 Å². The molecule has 3 saturated heterocycles. The van der Waals surface area contributed by atoms with Gasteiger partial charge in [0.05, 0.1) is 23.4 Å². The molecule has 5 nitrogen and oxygen atoms in total. The molecule has 0 saturated carbocycles. The third kappa shape index (κ3) is 4.12. The maximum Gasteiger partial charge on any atom is 0.255 e. The second kappa shape index (κ2) is 8.24. The van der Waals surface area contributed by atoms with Crippen molar-refractivity contribution in [1.82, 2.24) is 10.2 Å². The smallest absolute Gasteiger partial charge is 0.255 e. The molecule has 1 aromatic rings. The van der Waals surface area contributed by atoms with Gasteiger partial charge in [-0.1, -0.05) is 11.6 Å². The van der Waals surface area contributed by atoms with Gasteiger partial charge in [-0.05, 0) is 51.8 Å². The maximum atomic E-state index is 13.0. The summed E-state index contributed by atoms with van der Waals surface area (Å²) in [6.07, 6.45) is 3.13. The summed E-state index contributed by atoms with van der Waals surface area (Å²) in [6.45, 7) is 7.51. The number of carbonyl (C=O) groups is 1. The van der Waals surface area contributed by atoms with Crippen LogP contribution in [0.25, 0.3) is 0 Å². The average Bonchev–Trinajstić information content (AvgIpc) is 2.91. The summed E-state index contributed by atoms with van der Waals surface area (Å²) in [5.41, 5.74) is 2.34. The molecule has 4 heterocycles. The van der Waals surface area contributed by atoms with Crippen molar-refractivity contribution in [1.29, 1.82) is 0 Å². The Morgan fingerprint density at radius 1 is 1.33 bits per heavy atom. The minimum atomic E-state index is -0.0931. The molecule has 2 bridgehead atoms. The summed E-state index contributed by atoms with van der Waals surface area (Å²) in [6, 6.07) is 1.96. The van der Waals surface area contributed by atoms with Gasteiger partial charge in [0, 0.05) is 30.1 Å². The maximum absolute atomic E-state index is 13.0. The van der Waals surface area contributed by atoms with Gasteiger partial charge in [0.1, 0.15) is 5.75 Å². The topological polar surface area (TPSA) is 53.6 Å². The van der Waals surface area contributed by atoms with Crippen molar-refractivity contribution in [2.24, 2.45) is 5.92 Å². The van der Waals surface area contributed by atoms with Gasteiger partial charge in [-0.15, -0.1) is 24.8 Å². The second-order valence-corrected chi connectivity index (χ2v) is 8.60. The number of halogens is 3. The number of benzene rings is 1. The Hall–Kier alpha value is -0.880. The van der Waals surface area contributed by atoms with E-state index < -0.39 is 0 Å². The van der Waals surface area contributed by atoms with Crippen molar-refractivity contribution < 1.29 is 9.53 Å². The zero-order chi connectivity index (χ0) is 17.8. The van der Waals surface area contributed by atoms with Crippen LogP contribution in [0, 0.1) is 5.92 Å². The molecule has 8 heteroatoms. The third-order valence-electron chi connectivity index (χ3n) is 5.83. The predicted molar refractivity (Wildman–Crippen MR) is 114 cm³/mol. The first kappa shape index (κ1) is 22.4. The van der Waals surface area contributed by atoms with E-state index in [1.54, 1.807) is 13.2 Å². The predicted octanol–water partition coefficient (Wildman–Crippen LogP) is 3.76. The second-order valence-electron chi connectivity index (χ2n) is 8.20. The summed E-state index contributed by atoms with van der Waals surface area (Å²) in [4.78, 5) is 15.4. The van der Waals surface area contributed by atoms with E-state index >= 15 is 0 Å². The minimum Gasteiger partial charge on any atom is -0.496 e. The highest BCUT2D eigenvalue weighted by Gasteiger charge is 2.37. The van der Waals surface area contributed by atoms with Crippen LogP contribution in [-0.4, -0.2) is 49.1 Å². The molecule has 1 aromatic carbocycles. The van der Waals surface area contributed by atoms with Crippen LogP contribution in [0.1, 0.15) is 42.6 Å². The first-order valence-electron chi connectivity index (χ1n) is 9.09. The molecule has 2 N–H and O–H groups in total. The van der Waals surface area contributed by atoms with Crippen LogP contribution in [0.5, 0.6) is 5.75 Å². The fourth-order valence-electron chi connectivity index (χ4n) is 4.59. The number of piperidine rings is 3. The Morgan fingerprint density at radius 3 is 2.56 bits per heavy atom. The molecule has 152 valence electrons. The fraction of sp³-hybridized carbons (Fsp3) is 0.632. The van der Waals surface area contributed by atoms with Gasteiger partial charge in [-0.2, -0.15) is 0 Å². The van der Waals surface area contributed by atoms with E-state index in [-0.39, 0.29) is 42.3 Å². The average molecular weight is 437 g/mol. The lowest BCUT2D eigenvalue weighted by Gasteiger charge is -2.45. The Labute approximate surface area is 178 Å². The van der Waals surface area contributed by atoms with E-state index in [1.807, 2.05) is 0 Å². The number of methoxy groups -OCH3 is 1. The monoisotopic (exact) mass is 435 g/mol. The Balaban J connectivity index is 0.00000131. The largest absolute Gasteiger partial charge is 0.496 e. The van der Waals surface area contributed by atoms with Gasteiger partial charge in [0.2, 0.25) is 0 Å². The molecule has 27 heavy (non-hydrogen) atoms. The van der Waals surface area contributed by atoms with Gasteiger partial charge in [0.15, 0.2) is 0 Å². The molecule has 0 aromatic heterocycles. The van der Waals surface area contributed by atoms with Crippen molar-refractivity contribution in [3.05, 3.63) is 22.2 Å². The lowest BCUT2D eigenvalue weighted by molar-refractivity contribution is 0.0619. The number of fused-ring (bicyclic) bond motifs is 4. The first-order valence-corrected chi connectivity index (χ1v) is 9.46. The lowest BCUT2D eigenvalue weighted by atomic mass is 9.84. The number of hydrogen-bond acceptors (Lipinski definition) is 4. The van der Waals surface area contributed by atoms with Crippen LogP contribution < -0.4 is 15.4 Å². The van der Waals surface area contributed by atoms with Crippen molar-refractivity contribution in [3.63, 3.8) is 0 Å². The number of rotatable bonds is 3. The van der Waals surface area contributed by atoms with Crippen molar-refractivity contribution in [2.45, 2.75) is 44.7 Å². The SMILES string of the molecule is COc1c(C(=O)NC2CN3CCC2CC3)cc(Cl)c2c1CC(C)(C)N2.Cl.Cl. The van der Waals surface area contributed by atoms with Crippen molar-refractivity contribution >= 4 is 48.0 Å². The summed E-state index contributed by atoms with van der Waals surface area (Å²) >= 11 is 6.47. The molecule has 4 aliphatic heterocycles. The van der Waals surface area contributed by atoms with E-state index in [1.165, 1.54) is 12.8 Å². The highest BCUT2D eigenvalue weighted by Crippen LogP contribution is 2.44. The van der Waals surface area contributed by atoms with Gasteiger partial charge < -0.3 is 20.3 Å². The Bertz CT molecular complexity index is 719. The molecule has 1 amide bonds. The molecule has 1 atom stereocenters. The van der Waals surface area contributed by atoms with Crippen LogP contribution in [-0.2, 0) is 6.42 Å². The highest BCUT2D eigenvalue weighted by atomic mass is 35.5. The van der Waals surface area contributed by atoms with Crippen molar-refractivity contribution in [3.8, 4) is 5.75 Å². The number of nitrogens with one attached hydrogen (secondary N) is 2. The summed E-state index contributed by atoms with van der Waals surface area (Å²) in [7, 11) is 1.62. The number of amides is 1. The quantitative estimate of drug-likeness (QED) is 0.757. The molecular formula is C19H28Cl3N3O2. The molecule has 0 radical (unpaired) electrons. The number of ether oxygens (including phenoxy) is 1. The number of nitrogens with zero attached hydrogens (tertiary/aromatic N) is 1. The zero-order valence-corrected chi connectivity index (χ0v) is 18.3.